The minimum Gasteiger partial charge on any atom is -0.311 e. The van der Waals surface area contributed by atoms with Gasteiger partial charge in [-0.1, -0.05) is 19.8 Å². The Morgan fingerprint density at radius 3 is 2.87 bits per heavy atom. The second-order valence-electron chi connectivity index (χ2n) is 4.75. The number of hydrogen-bond donors (Lipinski definition) is 2. The quantitative estimate of drug-likeness (QED) is 0.778. The summed E-state index contributed by atoms with van der Waals surface area (Å²) in [5, 5.41) is 10.5. The number of aromatic nitrogens is 2. The molecular formula is C12H21N3. The molecule has 0 amide bonds. The van der Waals surface area contributed by atoms with Crippen molar-refractivity contribution < 1.29 is 0 Å². The molecule has 3 nitrogen and oxygen atoms in total. The van der Waals surface area contributed by atoms with Crippen molar-refractivity contribution in [1.82, 2.24) is 15.5 Å². The van der Waals surface area contributed by atoms with Gasteiger partial charge in [0.25, 0.3) is 0 Å². The maximum absolute atomic E-state index is 3.95. The number of rotatable bonds is 5. The second-order valence-corrected chi connectivity index (χ2v) is 4.75. The number of nitrogens with zero attached hydrogens (tertiary/aromatic N) is 1. The Hall–Kier alpha value is -0.830. The van der Waals surface area contributed by atoms with Gasteiger partial charge in [0.05, 0.1) is 0 Å². The molecule has 0 aliphatic heterocycles. The van der Waals surface area contributed by atoms with Gasteiger partial charge in [0.1, 0.15) is 0 Å². The summed E-state index contributed by atoms with van der Waals surface area (Å²) in [7, 11) is 0. The van der Waals surface area contributed by atoms with Crippen LogP contribution in [0.15, 0.2) is 12.3 Å². The minimum absolute atomic E-state index is 0.583. The van der Waals surface area contributed by atoms with E-state index in [9.17, 15) is 0 Å². The fraction of sp³-hybridized carbons (Fsp3) is 0.750. The number of hydrogen-bond acceptors (Lipinski definition) is 2. The summed E-state index contributed by atoms with van der Waals surface area (Å²) in [6.45, 7) is 4.40. The largest absolute Gasteiger partial charge is 0.311 e. The first-order valence-corrected chi connectivity index (χ1v) is 6.04. The fourth-order valence-corrected chi connectivity index (χ4v) is 2.63. The van der Waals surface area contributed by atoms with Gasteiger partial charge in [0, 0.05) is 25.0 Å². The Morgan fingerprint density at radius 2 is 2.27 bits per heavy atom. The first-order valence-electron chi connectivity index (χ1n) is 6.04. The van der Waals surface area contributed by atoms with Gasteiger partial charge in [-0.15, -0.1) is 0 Å². The van der Waals surface area contributed by atoms with Crippen LogP contribution in [0.5, 0.6) is 0 Å². The number of aromatic amines is 1. The molecule has 0 spiro atoms. The molecular weight excluding hydrogens is 186 g/mol. The summed E-state index contributed by atoms with van der Waals surface area (Å²) in [4.78, 5) is 0. The van der Waals surface area contributed by atoms with E-state index < -0.39 is 0 Å². The van der Waals surface area contributed by atoms with Gasteiger partial charge in [-0.25, -0.2) is 0 Å². The van der Waals surface area contributed by atoms with E-state index >= 15 is 0 Å². The van der Waals surface area contributed by atoms with E-state index in [0.717, 1.165) is 13.1 Å². The SMILES string of the molecule is CCC1(CNCc2ccn[nH]2)CCCC1. The summed E-state index contributed by atoms with van der Waals surface area (Å²) < 4.78 is 0. The maximum atomic E-state index is 3.95. The number of nitrogens with one attached hydrogen (secondary N) is 2. The summed E-state index contributed by atoms with van der Waals surface area (Å²) >= 11 is 0. The highest BCUT2D eigenvalue weighted by Crippen LogP contribution is 2.40. The summed E-state index contributed by atoms with van der Waals surface area (Å²) in [6.07, 6.45) is 8.75. The van der Waals surface area contributed by atoms with Crippen LogP contribution in [0, 0.1) is 5.41 Å². The molecule has 2 N–H and O–H groups in total. The average Bonchev–Trinajstić information content (AvgIpc) is 2.89. The van der Waals surface area contributed by atoms with Crippen molar-refractivity contribution in [2.75, 3.05) is 6.54 Å². The van der Waals surface area contributed by atoms with E-state index in [1.165, 1.54) is 37.8 Å². The van der Waals surface area contributed by atoms with Gasteiger partial charge in [0.2, 0.25) is 0 Å². The van der Waals surface area contributed by atoms with E-state index in [4.69, 9.17) is 0 Å². The molecule has 0 saturated heterocycles. The standard InChI is InChI=1S/C12H21N3/c1-2-12(6-3-4-7-12)10-13-9-11-5-8-14-15-11/h5,8,13H,2-4,6-7,9-10H2,1H3,(H,14,15). The highest BCUT2D eigenvalue weighted by molar-refractivity contribution is 4.97. The summed E-state index contributed by atoms with van der Waals surface area (Å²) in [5.74, 6) is 0. The molecule has 1 fully saturated rings. The van der Waals surface area contributed by atoms with Crippen molar-refractivity contribution in [2.24, 2.45) is 5.41 Å². The molecule has 3 heteroatoms. The van der Waals surface area contributed by atoms with E-state index in [2.05, 4.69) is 22.4 Å². The lowest BCUT2D eigenvalue weighted by atomic mass is 9.83. The normalized spacial score (nSPS) is 19.5. The van der Waals surface area contributed by atoms with E-state index in [1.807, 2.05) is 12.3 Å². The third-order valence-electron chi connectivity index (χ3n) is 3.79. The Bertz CT molecular complexity index is 273. The van der Waals surface area contributed by atoms with Crippen LogP contribution in [0.3, 0.4) is 0 Å². The third kappa shape index (κ3) is 2.59. The molecule has 1 aliphatic rings. The molecule has 1 aromatic heterocycles. The van der Waals surface area contributed by atoms with Gasteiger partial charge >= 0.3 is 0 Å². The molecule has 0 atom stereocenters. The van der Waals surface area contributed by atoms with Crippen LogP contribution in [0.25, 0.3) is 0 Å². The average molecular weight is 207 g/mol. The van der Waals surface area contributed by atoms with Gasteiger partial charge < -0.3 is 5.32 Å². The second kappa shape index (κ2) is 4.79. The molecule has 84 valence electrons. The fourth-order valence-electron chi connectivity index (χ4n) is 2.63. The van der Waals surface area contributed by atoms with Gasteiger partial charge in [-0.2, -0.15) is 5.10 Å². The van der Waals surface area contributed by atoms with Crippen molar-refractivity contribution in [3.05, 3.63) is 18.0 Å². The minimum atomic E-state index is 0.583. The molecule has 0 bridgehead atoms. The highest BCUT2D eigenvalue weighted by Gasteiger charge is 2.31. The van der Waals surface area contributed by atoms with Crippen LogP contribution in [-0.2, 0) is 6.54 Å². The first-order chi connectivity index (χ1) is 7.35. The van der Waals surface area contributed by atoms with Crippen LogP contribution < -0.4 is 5.32 Å². The van der Waals surface area contributed by atoms with E-state index in [-0.39, 0.29) is 0 Å². The van der Waals surface area contributed by atoms with Crippen molar-refractivity contribution in [3.63, 3.8) is 0 Å². The molecule has 1 aromatic rings. The smallest absolute Gasteiger partial charge is 0.0490 e. The highest BCUT2D eigenvalue weighted by atomic mass is 15.1. The Balaban J connectivity index is 1.77. The Labute approximate surface area is 91.7 Å². The topological polar surface area (TPSA) is 40.7 Å². The van der Waals surface area contributed by atoms with Crippen molar-refractivity contribution in [1.29, 1.82) is 0 Å². The molecule has 15 heavy (non-hydrogen) atoms. The summed E-state index contributed by atoms with van der Waals surface area (Å²) in [6, 6.07) is 2.03. The van der Waals surface area contributed by atoms with Gasteiger partial charge in [-0.05, 0) is 30.7 Å². The lowest BCUT2D eigenvalue weighted by Gasteiger charge is -2.27. The molecule has 0 aromatic carbocycles. The van der Waals surface area contributed by atoms with E-state index in [0.29, 0.717) is 5.41 Å². The summed E-state index contributed by atoms with van der Waals surface area (Å²) in [5.41, 5.74) is 1.76. The van der Waals surface area contributed by atoms with Crippen molar-refractivity contribution in [3.8, 4) is 0 Å². The maximum Gasteiger partial charge on any atom is 0.0490 e. The lowest BCUT2D eigenvalue weighted by molar-refractivity contribution is 0.268. The number of H-pyrrole nitrogens is 1. The van der Waals surface area contributed by atoms with Crippen LogP contribution in [0.1, 0.15) is 44.7 Å². The van der Waals surface area contributed by atoms with Gasteiger partial charge in [-0.3, -0.25) is 5.10 Å². The zero-order chi connectivity index (χ0) is 10.6. The van der Waals surface area contributed by atoms with Gasteiger partial charge in [0.15, 0.2) is 0 Å². The predicted molar refractivity (Wildman–Crippen MR) is 61.5 cm³/mol. The van der Waals surface area contributed by atoms with Crippen LogP contribution >= 0.6 is 0 Å². The zero-order valence-electron chi connectivity index (χ0n) is 9.55. The lowest BCUT2D eigenvalue weighted by Crippen LogP contribution is -2.31. The monoisotopic (exact) mass is 207 g/mol. The Morgan fingerprint density at radius 1 is 1.47 bits per heavy atom. The van der Waals surface area contributed by atoms with E-state index in [1.54, 1.807) is 0 Å². The van der Waals surface area contributed by atoms with Crippen LogP contribution in [-0.4, -0.2) is 16.7 Å². The molecule has 0 unspecified atom stereocenters. The molecule has 1 heterocycles. The Kier molecular flexibility index (Phi) is 3.41. The molecule has 0 radical (unpaired) electrons. The first kappa shape index (κ1) is 10.7. The third-order valence-corrected chi connectivity index (χ3v) is 3.79. The van der Waals surface area contributed by atoms with Crippen molar-refractivity contribution in [2.45, 2.75) is 45.6 Å². The molecule has 2 rings (SSSR count). The molecule has 1 aliphatic carbocycles. The van der Waals surface area contributed by atoms with Crippen LogP contribution in [0.4, 0.5) is 0 Å². The van der Waals surface area contributed by atoms with Crippen molar-refractivity contribution >= 4 is 0 Å². The molecule has 1 saturated carbocycles. The van der Waals surface area contributed by atoms with Crippen LogP contribution in [0.2, 0.25) is 0 Å². The predicted octanol–water partition coefficient (Wildman–Crippen LogP) is 2.47. The zero-order valence-corrected chi connectivity index (χ0v) is 9.55.